The van der Waals surface area contributed by atoms with Crippen molar-refractivity contribution >= 4 is 11.7 Å². The van der Waals surface area contributed by atoms with E-state index in [2.05, 4.69) is 20.4 Å². The van der Waals surface area contributed by atoms with Gasteiger partial charge in [0.05, 0.1) is 5.69 Å². The third kappa shape index (κ3) is 4.19. The number of carbonyl (C=O) groups is 1. The summed E-state index contributed by atoms with van der Waals surface area (Å²) < 4.78 is 27.0. The number of hydrogen-bond donors (Lipinski definition) is 1. The van der Waals surface area contributed by atoms with Crippen LogP contribution in [0.2, 0.25) is 0 Å². The van der Waals surface area contributed by atoms with Crippen LogP contribution in [0.4, 0.5) is 14.6 Å². The molecule has 0 bridgehead atoms. The van der Waals surface area contributed by atoms with Crippen molar-refractivity contribution in [2.45, 2.75) is 57.4 Å². The van der Waals surface area contributed by atoms with E-state index in [4.69, 9.17) is 0 Å². The summed E-state index contributed by atoms with van der Waals surface area (Å²) in [7, 11) is 0. The van der Waals surface area contributed by atoms with Crippen LogP contribution in [0.3, 0.4) is 0 Å². The molecule has 2 atom stereocenters. The second kappa shape index (κ2) is 6.99. The minimum atomic E-state index is -2.70. The van der Waals surface area contributed by atoms with Gasteiger partial charge in [-0.25, -0.2) is 8.78 Å². The molecule has 1 aliphatic heterocycles. The highest BCUT2D eigenvalue weighted by Gasteiger charge is 2.39. The normalized spacial score (nSPS) is 26.9. The van der Waals surface area contributed by atoms with Crippen LogP contribution >= 0.6 is 0 Å². The maximum absolute atomic E-state index is 13.5. The van der Waals surface area contributed by atoms with Crippen LogP contribution in [0.25, 0.3) is 0 Å². The van der Waals surface area contributed by atoms with Crippen molar-refractivity contribution in [3.8, 4) is 0 Å². The molecule has 2 unspecified atom stereocenters. The molecule has 1 aromatic rings. The fourth-order valence-electron chi connectivity index (χ4n) is 3.58. The first-order valence-electron chi connectivity index (χ1n) is 8.66. The Morgan fingerprint density at radius 2 is 2.12 bits per heavy atom. The van der Waals surface area contributed by atoms with Crippen LogP contribution in [0.15, 0.2) is 12.1 Å². The lowest BCUT2D eigenvalue weighted by molar-refractivity contribution is -0.133. The quantitative estimate of drug-likeness (QED) is 0.921. The minimum absolute atomic E-state index is 0.0232. The van der Waals surface area contributed by atoms with Crippen molar-refractivity contribution in [1.29, 1.82) is 0 Å². The highest BCUT2D eigenvalue weighted by molar-refractivity contribution is 5.79. The van der Waals surface area contributed by atoms with Gasteiger partial charge in [-0.05, 0) is 44.7 Å². The molecule has 2 aliphatic rings. The number of piperidine rings is 1. The summed E-state index contributed by atoms with van der Waals surface area (Å²) in [5.74, 6) is -2.70. The molecule has 2 heterocycles. The second-order valence-corrected chi connectivity index (χ2v) is 6.98. The van der Waals surface area contributed by atoms with Gasteiger partial charge in [0.1, 0.15) is 0 Å². The number of alkyl halides is 2. The smallest absolute Gasteiger partial charge is 0.248 e. The van der Waals surface area contributed by atoms with Crippen molar-refractivity contribution in [2.24, 2.45) is 5.92 Å². The zero-order chi connectivity index (χ0) is 17.2. The second-order valence-electron chi connectivity index (χ2n) is 6.98. The Bertz CT molecular complexity index is 578. The first-order valence-corrected chi connectivity index (χ1v) is 8.66. The first-order chi connectivity index (χ1) is 11.4. The average molecular weight is 338 g/mol. The third-order valence-corrected chi connectivity index (χ3v) is 4.89. The number of hydrogen-bond acceptors (Lipinski definition) is 4. The van der Waals surface area contributed by atoms with Crippen molar-refractivity contribution in [3.05, 3.63) is 17.8 Å². The summed E-state index contributed by atoms with van der Waals surface area (Å²) in [5, 5.41) is 11.2. The van der Waals surface area contributed by atoms with Gasteiger partial charge in [0.15, 0.2) is 5.82 Å². The number of anilines is 1. The Morgan fingerprint density at radius 3 is 2.83 bits per heavy atom. The van der Waals surface area contributed by atoms with E-state index in [9.17, 15) is 13.6 Å². The number of amides is 1. The standard InChI is InChI=1S/C17H24F2N4O/c1-12-6-7-15(22-21-12)23-9-3-5-14(11-23)20-16(24)13-4-2-8-17(18,19)10-13/h6-7,13-14H,2-5,8-11H2,1H3,(H,20,24). The molecule has 24 heavy (non-hydrogen) atoms. The fourth-order valence-corrected chi connectivity index (χ4v) is 3.58. The van der Waals surface area contributed by atoms with E-state index in [0.29, 0.717) is 19.4 Å². The molecular weight excluding hydrogens is 314 g/mol. The molecule has 0 radical (unpaired) electrons. The first kappa shape index (κ1) is 17.0. The van der Waals surface area contributed by atoms with E-state index in [0.717, 1.165) is 30.9 Å². The molecule has 1 aliphatic carbocycles. The molecule has 3 rings (SSSR count). The molecule has 5 nitrogen and oxygen atoms in total. The summed E-state index contributed by atoms with van der Waals surface area (Å²) in [6.45, 7) is 3.40. The van der Waals surface area contributed by atoms with Gasteiger partial charge in [-0.2, -0.15) is 5.10 Å². The number of nitrogens with zero attached hydrogens (tertiary/aromatic N) is 3. The zero-order valence-electron chi connectivity index (χ0n) is 14.0. The van der Waals surface area contributed by atoms with Gasteiger partial charge in [-0.15, -0.1) is 5.10 Å². The third-order valence-electron chi connectivity index (χ3n) is 4.89. The van der Waals surface area contributed by atoms with Gasteiger partial charge in [-0.1, -0.05) is 0 Å². The Kier molecular flexibility index (Phi) is 4.96. The Morgan fingerprint density at radius 1 is 1.29 bits per heavy atom. The number of rotatable bonds is 3. The molecule has 1 saturated carbocycles. The van der Waals surface area contributed by atoms with Crippen LogP contribution < -0.4 is 10.2 Å². The van der Waals surface area contributed by atoms with Gasteiger partial charge >= 0.3 is 0 Å². The van der Waals surface area contributed by atoms with E-state index in [1.165, 1.54) is 0 Å². The lowest BCUT2D eigenvalue weighted by Crippen LogP contribution is -2.50. The summed E-state index contributed by atoms with van der Waals surface area (Å²) in [6.07, 6.45) is 2.35. The summed E-state index contributed by atoms with van der Waals surface area (Å²) >= 11 is 0. The zero-order valence-corrected chi connectivity index (χ0v) is 14.0. The molecule has 2 fully saturated rings. The van der Waals surface area contributed by atoms with Crippen LogP contribution in [-0.4, -0.2) is 41.2 Å². The largest absolute Gasteiger partial charge is 0.353 e. The number of halogens is 2. The van der Waals surface area contributed by atoms with Gasteiger partial charge in [-0.3, -0.25) is 4.79 Å². The molecule has 1 aromatic heterocycles. The van der Waals surface area contributed by atoms with Crippen LogP contribution in [0, 0.1) is 12.8 Å². The van der Waals surface area contributed by atoms with Gasteiger partial charge in [0.2, 0.25) is 11.8 Å². The predicted molar refractivity (Wildman–Crippen MR) is 87.1 cm³/mol. The summed E-state index contributed by atoms with van der Waals surface area (Å²) in [5.41, 5.74) is 0.860. The van der Waals surface area contributed by atoms with E-state index < -0.39 is 11.8 Å². The fraction of sp³-hybridized carbons (Fsp3) is 0.706. The molecular formula is C17H24F2N4O. The lowest BCUT2D eigenvalue weighted by atomic mass is 9.85. The highest BCUT2D eigenvalue weighted by atomic mass is 19.3. The minimum Gasteiger partial charge on any atom is -0.353 e. The van der Waals surface area contributed by atoms with Crippen molar-refractivity contribution < 1.29 is 13.6 Å². The number of carbonyl (C=O) groups excluding carboxylic acids is 1. The Balaban J connectivity index is 1.57. The van der Waals surface area contributed by atoms with E-state index in [1.807, 2.05) is 19.1 Å². The van der Waals surface area contributed by atoms with Gasteiger partial charge in [0.25, 0.3) is 0 Å². The molecule has 132 valence electrons. The molecule has 1 N–H and O–H groups in total. The van der Waals surface area contributed by atoms with E-state index in [-0.39, 0.29) is 24.8 Å². The maximum Gasteiger partial charge on any atom is 0.248 e. The van der Waals surface area contributed by atoms with Gasteiger partial charge < -0.3 is 10.2 Å². The molecule has 7 heteroatoms. The molecule has 1 saturated heterocycles. The van der Waals surface area contributed by atoms with E-state index >= 15 is 0 Å². The highest BCUT2D eigenvalue weighted by Crippen LogP contribution is 2.36. The summed E-state index contributed by atoms with van der Waals surface area (Å²) in [6, 6.07) is 3.81. The van der Waals surface area contributed by atoms with Crippen LogP contribution in [-0.2, 0) is 4.79 Å². The SMILES string of the molecule is Cc1ccc(N2CCCC(NC(=O)C3CCCC(F)(F)C3)C2)nn1. The maximum atomic E-state index is 13.5. The van der Waals surface area contributed by atoms with Crippen molar-refractivity contribution in [3.63, 3.8) is 0 Å². The topological polar surface area (TPSA) is 58.1 Å². The van der Waals surface area contributed by atoms with Crippen LogP contribution in [0.5, 0.6) is 0 Å². The Hall–Kier alpha value is -1.79. The molecule has 0 aromatic carbocycles. The average Bonchev–Trinajstić information content (AvgIpc) is 2.55. The number of nitrogens with one attached hydrogen (secondary N) is 1. The number of aryl methyl sites for hydroxylation is 1. The summed E-state index contributed by atoms with van der Waals surface area (Å²) in [4.78, 5) is 14.4. The van der Waals surface area contributed by atoms with E-state index in [1.54, 1.807) is 0 Å². The van der Waals surface area contributed by atoms with Gasteiger partial charge in [0, 0.05) is 37.9 Å². The molecule has 0 spiro atoms. The number of aromatic nitrogens is 2. The predicted octanol–water partition coefficient (Wildman–Crippen LogP) is 2.70. The monoisotopic (exact) mass is 338 g/mol. The van der Waals surface area contributed by atoms with Crippen molar-refractivity contribution in [1.82, 2.24) is 15.5 Å². The lowest BCUT2D eigenvalue weighted by Gasteiger charge is -2.35. The van der Waals surface area contributed by atoms with Crippen molar-refractivity contribution in [2.75, 3.05) is 18.0 Å². The Labute approximate surface area is 140 Å². The molecule has 1 amide bonds. The van der Waals surface area contributed by atoms with Crippen LogP contribution in [0.1, 0.15) is 44.2 Å².